The molecule has 0 aliphatic heterocycles. The van der Waals surface area contributed by atoms with Gasteiger partial charge in [0.25, 0.3) is 0 Å². The summed E-state index contributed by atoms with van der Waals surface area (Å²) in [5.41, 5.74) is 0.0865. The van der Waals surface area contributed by atoms with Crippen molar-refractivity contribution in [3.05, 3.63) is 41.5 Å². The molecule has 0 fully saturated rings. The number of carbonyl (C=O) groups is 1. The number of aromatic carboxylic acids is 1. The van der Waals surface area contributed by atoms with Crippen molar-refractivity contribution in [2.45, 2.75) is 0 Å². The molecule has 3 nitrogen and oxygen atoms in total. The molecule has 0 aliphatic rings. The summed E-state index contributed by atoms with van der Waals surface area (Å²) < 4.78 is 1.16. The van der Waals surface area contributed by atoms with Gasteiger partial charge in [0.15, 0.2) is 0 Å². The van der Waals surface area contributed by atoms with Crippen LogP contribution in [0.5, 0.6) is 0 Å². The first-order chi connectivity index (χ1) is 7.74. The van der Waals surface area contributed by atoms with E-state index in [0.29, 0.717) is 0 Å². The van der Waals surface area contributed by atoms with Gasteiger partial charge in [0.05, 0.1) is 0 Å². The molecule has 0 atom stereocenters. The number of thiophene rings is 1. The van der Waals surface area contributed by atoms with E-state index >= 15 is 0 Å². The normalized spacial score (nSPS) is 11.0. The second-order valence-corrected chi connectivity index (χ2v) is 4.48. The van der Waals surface area contributed by atoms with E-state index in [-0.39, 0.29) is 5.69 Å². The van der Waals surface area contributed by atoms with Gasteiger partial charge in [-0.3, -0.25) is 0 Å². The molecule has 1 N–H and O–H groups in total. The van der Waals surface area contributed by atoms with Crippen molar-refractivity contribution in [2.75, 3.05) is 0 Å². The van der Waals surface area contributed by atoms with Crippen LogP contribution in [-0.4, -0.2) is 16.1 Å². The Kier molecular flexibility index (Phi) is 1.91. The highest BCUT2D eigenvalue weighted by Gasteiger charge is 2.06. The number of aromatic nitrogens is 1. The minimum absolute atomic E-state index is 0.0865. The van der Waals surface area contributed by atoms with Gasteiger partial charge < -0.3 is 5.11 Å². The maximum atomic E-state index is 10.8. The highest BCUT2D eigenvalue weighted by Crippen LogP contribution is 2.26. The quantitative estimate of drug-likeness (QED) is 0.697. The molecule has 0 unspecified atom stereocenters. The topological polar surface area (TPSA) is 50.2 Å². The first-order valence-electron chi connectivity index (χ1n) is 4.74. The van der Waals surface area contributed by atoms with Crippen LogP contribution in [0.3, 0.4) is 0 Å². The first kappa shape index (κ1) is 9.30. The number of pyridine rings is 1. The van der Waals surface area contributed by atoms with Crippen molar-refractivity contribution in [2.24, 2.45) is 0 Å². The zero-order chi connectivity index (χ0) is 11.1. The number of fused-ring (bicyclic) bond motifs is 2. The fraction of sp³-hybridized carbons (Fsp3) is 0. The smallest absolute Gasteiger partial charge is 0.354 e. The lowest BCUT2D eigenvalue weighted by Crippen LogP contribution is -1.98. The van der Waals surface area contributed by atoms with Crippen LogP contribution in [0.2, 0.25) is 0 Å². The molecule has 0 saturated carbocycles. The Morgan fingerprint density at radius 2 is 2.06 bits per heavy atom. The molecule has 2 aromatic heterocycles. The molecular formula is C12H7NO2S. The number of carboxylic acids is 1. The number of benzene rings is 1. The van der Waals surface area contributed by atoms with Gasteiger partial charge in [0.1, 0.15) is 5.69 Å². The van der Waals surface area contributed by atoms with Gasteiger partial charge in [-0.2, -0.15) is 0 Å². The lowest BCUT2D eigenvalue weighted by Gasteiger charge is -1.99. The highest BCUT2D eigenvalue weighted by molar-refractivity contribution is 7.17. The van der Waals surface area contributed by atoms with Gasteiger partial charge in [-0.1, -0.05) is 0 Å². The lowest BCUT2D eigenvalue weighted by atomic mass is 10.1. The second kappa shape index (κ2) is 3.28. The van der Waals surface area contributed by atoms with E-state index in [4.69, 9.17) is 5.11 Å². The zero-order valence-electron chi connectivity index (χ0n) is 8.18. The van der Waals surface area contributed by atoms with Crippen molar-refractivity contribution in [1.29, 1.82) is 0 Å². The van der Waals surface area contributed by atoms with E-state index in [0.717, 1.165) is 15.5 Å². The fourth-order valence-electron chi connectivity index (χ4n) is 1.72. The summed E-state index contributed by atoms with van der Waals surface area (Å²) in [6.45, 7) is 0. The number of carboxylic acid groups (broad SMARTS) is 1. The fourth-order valence-corrected chi connectivity index (χ4v) is 2.54. The van der Waals surface area contributed by atoms with Crippen molar-refractivity contribution in [3.63, 3.8) is 0 Å². The third kappa shape index (κ3) is 1.35. The molecule has 4 heteroatoms. The number of hydrogen-bond donors (Lipinski definition) is 1. The molecule has 1 aromatic carbocycles. The molecule has 0 saturated heterocycles. The van der Waals surface area contributed by atoms with Gasteiger partial charge in [0.2, 0.25) is 0 Å². The van der Waals surface area contributed by atoms with E-state index < -0.39 is 5.97 Å². The van der Waals surface area contributed by atoms with E-state index in [9.17, 15) is 4.79 Å². The predicted molar refractivity (Wildman–Crippen MR) is 64.1 cm³/mol. The maximum Gasteiger partial charge on any atom is 0.354 e. The van der Waals surface area contributed by atoms with Gasteiger partial charge in [-0.05, 0) is 40.4 Å². The van der Waals surface area contributed by atoms with Gasteiger partial charge in [0, 0.05) is 16.3 Å². The van der Waals surface area contributed by atoms with E-state index in [2.05, 4.69) is 4.98 Å². The number of rotatable bonds is 1. The monoisotopic (exact) mass is 229 g/mol. The maximum absolute atomic E-state index is 10.8. The van der Waals surface area contributed by atoms with Gasteiger partial charge in [-0.25, -0.2) is 9.78 Å². The molecule has 16 heavy (non-hydrogen) atoms. The molecule has 0 amide bonds. The molecule has 0 bridgehead atoms. The van der Waals surface area contributed by atoms with E-state index in [1.54, 1.807) is 23.6 Å². The van der Waals surface area contributed by atoms with Gasteiger partial charge >= 0.3 is 5.97 Å². The zero-order valence-corrected chi connectivity index (χ0v) is 8.99. The van der Waals surface area contributed by atoms with Crippen molar-refractivity contribution < 1.29 is 9.90 Å². The van der Waals surface area contributed by atoms with Crippen LogP contribution < -0.4 is 0 Å². The summed E-state index contributed by atoms with van der Waals surface area (Å²) in [5, 5.41) is 13.9. The Hall–Kier alpha value is -1.94. The third-order valence-electron chi connectivity index (χ3n) is 2.51. The van der Waals surface area contributed by atoms with Crippen LogP contribution in [0.15, 0.2) is 35.8 Å². The Labute approximate surface area is 95.0 Å². The number of hydrogen-bond acceptors (Lipinski definition) is 3. The van der Waals surface area contributed by atoms with Crippen molar-refractivity contribution in [3.8, 4) is 0 Å². The summed E-state index contributed by atoms with van der Waals surface area (Å²) in [7, 11) is 0. The molecule has 2 heterocycles. The van der Waals surface area contributed by atoms with Crippen LogP contribution in [0.1, 0.15) is 10.5 Å². The second-order valence-electron chi connectivity index (χ2n) is 3.53. The van der Waals surface area contributed by atoms with Crippen LogP contribution >= 0.6 is 11.3 Å². The number of nitrogens with zero attached hydrogens (tertiary/aromatic N) is 1. The van der Waals surface area contributed by atoms with Crippen molar-refractivity contribution in [1.82, 2.24) is 4.98 Å². The van der Waals surface area contributed by atoms with E-state index in [1.807, 2.05) is 23.6 Å². The molecule has 3 aromatic rings. The molecule has 0 aliphatic carbocycles. The van der Waals surface area contributed by atoms with Crippen LogP contribution in [0.25, 0.3) is 20.9 Å². The summed E-state index contributed by atoms with van der Waals surface area (Å²) in [4.78, 5) is 14.7. The predicted octanol–water partition coefficient (Wildman–Crippen LogP) is 3.15. The minimum Gasteiger partial charge on any atom is -0.477 e. The van der Waals surface area contributed by atoms with Gasteiger partial charge in [-0.15, -0.1) is 11.3 Å². The van der Waals surface area contributed by atoms with Crippen molar-refractivity contribution >= 4 is 38.2 Å². The average molecular weight is 229 g/mol. The molecular weight excluding hydrogens is 222 g/mol. The Balaban J connectivity index is 2.37. The average Bonchev–Trinajstić information content (AvgIpc) is 2.71. The molecule has 3 rings (SSSR count). The minimum atomic E-state index is -0.992. The molecule has 0 spiro atoms. The SMILES string of the molecule is O=C(O)c1cc2cc3sccc3cc2cn1. The Morgan fingerprint density at radius 1 is 1.19 bits per heavy atom. The van der Waals surface area contributed by atoms with Crippen LogP contribution in [0.4, 0.5) is 0 Å². The van der Waals surface area contributed by atoms with Crippen LogP contribution in [0, 0.1) is 0 Å². The summed E-state index contributed by atoms with van der Waals surface area (Å²) in [6, 6.07) is 7.69. The molecule has 0 radical (unpaired) electrons. The third-order valence-corrected chi connectivity index (χ3v) is 3.39. The Bertz CT molecular complexity index is 702. The summed E-state index contributed by atoms with van der Waals surface area (Å²) >= 11 is 1.65. The van der Waals surface area contributed by atoms with Crippen LogP contribution in [-0.2, 0) is 0 Å². The lowest BCUT2D eigenvalue weighted by molar-refractivity contribution is 0.0691. The molecule has 78 valence electrons. The Morgan fingerprint density at radius 3 is 2.88 bits per heavy atom. The highest BCUT2D eigenvalue weighted by atomic mass is 32.1. The summed E-state index contributed by atoms with van der Waals surface area (Å²) in [5.74, 6) is -0.992. The van der Waals surface area contributed by atoms with E-state index in [1.165, 1.54) is 5.39 Å². The first-order valence-corrected chi connectivity index (χ1v) is 5.62. The summed E-state index contributed by atoms with van der Waals surface area (Å²) in [6.07, 6.45) is 1.61. The standard InChI is InChI=1S/C12H7NO2S/c14-12(15)10-4-8-5-11-7(1-2-16-11)3-9(8)6-13-10/h1-6H,(H,14,15). The largest absolute Gasteiger partial charge is 0.477 e.